The highest BCUT2D eigenvalue weighted by Crippen LogP contribution is 2.59. The predicted octanol–water partition coefficient (Wildman–Crippen LogP) is 6.93. The molecule has 156 valence electrons. The second-order valence-electron chi connectivity index (χ2n) is 8.99. The van der Waals surface area contributed by atoms with Crippen molar-refractivity contribution in [3.8, 4) is 22.3 Å². The molecule has 2 aliphatic carbocycles. The Labute approximate surface area is 188 Å². The quantitative estimate of drug-likeness (QED) is 0.338. The Hall–Kier alpha value is -3.65. The van der Waals surface area contributed by atoms with Gasteiger partial charge in [-0.2, -0.15) is 0 Å². The van der Waals surface area contributed by atoms with Crippen LogP contribution in [0, 0.1) is 0 Å². The maximum Gasteiger partial charge on any atom is 0.303 e. The molecule has 0 N–H and O–H groups in total. The minimum atomic E-state index is -0.794. The van der Waals surface area contributed by atoms with Gasteiger partial charge in [0.15, 0.2) is 0 Å². The molecule has 0 aromatic heterocycles. The lowest BCUT2D eigenvalue weighted by Gasteiger charge is -2.41. The van der Waals surface area contributed by atoms with Crippen LogP contribution >= 0.6 is 0 Å². The summed E-state index contributed by atoms with van der Waals surface area (Å²) in [4.78, 5) is 12.6. The van der Waals surface area contributed by atoms with Crippen molar-refractivity contribution in [3.05, 3.63) is 119 Å². The minimum Gasteiger partial charge on any atom is -0.458 e. The first-order valence-electron chi connectivity index (χ1n) is 11.2. The third kappa shape index (κ3) is 2.56. The molecule has 0 amide bonds. The molecule has 0 saturated carbocycles. The van der Waals surface area contributed by atoms with E-state index in [1.54, 1.807) is 0 Å². The van der Waals surface area contributed by atoms with Gasteiger partial charge in [-0.05, 0) is 51.4 Å². The molecule has 0 unspecified atom stereocenters. The molecule has 6 rings (SSSR count). The molecule has 2 aliphatic rings. The van der Waals surface area contributed by atoms with E-state index in [0.29, 0.717) is 0 Å². The first kappa shape index (κ1) is 19.1. The average Bonchev–Trinajstić information content (AvgIpc) is 3.32. The van der Waals surface area contributed by atoms with Crippen molar-refractivity contribution < 1.29 is 9.53 Å². The van der Waals surface area contributed by atoms with Gasteiger partial charge >= 0.3 is 5.97 Å². The third-order valence-corrected chi connectivity index (χ3v) is 7.18. The third-order valence-electron chi connectivity index (χ3n) is 7.18. The summed E-state index contributed by atoms with van der Waals surface area (Å²) in [6.45, 7) is 3.65. The van der Waals surface area contributed by atoms with E-state index in [2.05, 4.69) is 104 Å². The van der Waals surface area contributed by atoms with Crippen LogP contribution in [0.2, 0.25) is 0 Å². The zero-order valence-corrected chi connectivity index (χ0v) is 18.2. The standard InChI is InChI=1S/C30H24O2/c1-19(31)32-30(2,28-24-15-7-3-11-20(24)21-12-4-8-16-25(21)28)29-26-17-9-5-13-22(26)23-14-6-10-18-27(23)29/h3-18,28-29H,1-2H3. The SMILES string of the molecule is CC(=O)OC(C)(C1c2ccccc2-c2ccccc21)C1c2ccccc2-c2ccccc21. The largest absolute Gasteiger partial charge is 0.458 e. The summed E-state index contributed by atoms with van der Waals surface area (Å²) >= 11 is 0. The zero-order valence-electron chi connectivity index (χ0n) is 18.2. The van der Waals surface area contributed by atoms with Gasteiger partial charge in [0.05, 0.1) is 11.8 Å². The molecule has 4 aromatic carbocycles. The van der Waals surface area contributed by atoms with Crippen LogP contribution in [0.25, 0.3) is 22.3 Å². The van der Waals surface area contributed by atoms with E-state index in [1.807, 2.05) is 0 Å². The molecular formula is C30H24O2. The first-order valence-corrected chi connectivity index (χ1v) is 11.2. The number of carbonyl (C=O) groups is 1. The monoisotopic (exact) mass is 416 g/mol. The van der Waals surface area contributed by atoms with E-state index >= 15 is 0 Å². The molecular weight excluding hydrogens is 392 g/mol. The Kier molecular flexibility index (Phi) is 4.13. The van der Waals surface area contributed by atoms with Crippen LogP contribution in [-0.4, -0.2) is 11.6 Å². The zero-order chi connectivity index (χ0) is 21.9. The Balaban J connectivity index is 1.65. The lowest BCUT2D eigenvalue weighted by Crippen LogP contribution is -2.43. The summed E-state index contributed by atoms with van der Waals surface area (Å²) in [5.41, 5.74) is 9.00. The summed E-state index contributed by atoms with van der Waals surface area (Å²) in [5, 5.41) is 0. The van der Waals surface area contributed by atoms with Crippen molar-refractivity contribution >= 4 is 5.97 Å². The highest BCUT2D eigenvalue weighted by molar-refractivity contribution is 5.83. The molecule has 0 bridgehead atoms. The van der Waals surface area contributed by atoms with Crippen molar-refractivity contribution in [2.24, 2.45) is 0 Å². The summed E-state index contributed by atoms with van der Waals surface area (Å²) in [7, 11) is 0. The van der Waals surface area contributed by atoms with Gasteiger partial charge in [0, 0.05) is 6.92 Å². The summed E-state index contributed by atoms with van der Waals surface area (Å²) in [6, 6.07) is 34.2. The molecule has 0 atom stereocenters. The molecule has 0 spiro atoms. The molecule has 0 fully saturated rings. The van der Waals surface area contributed by atoms with E-state index in [4.69, 9.17) is 4.74 Å². The predicted molar refractivity (Wildman–Crippen MR) is 128 cm³/mol. The molecule has 0 heterocycles. The number of rotatable bonds is 3. The number of esters is 1. The normalized spacial score (nSPS) is 14.4. The Morgan fingerprint density at radius 1 is 0.594 bits per heavy atom. The van der Waals surface area contributed by atoms with E-state index in [1.165, 1.54) is 51.4 Å². The minimum absolute atomic E-state index is 0.0667. The van der Waals surface area contributed by atoms with Crippen molar-refractivity contribution in [1.82, 2.24) is 0 Å². The number of benzene rings is 4. The van der Waals surface area contributed by atoms with Crippen LogP contribution in [-0.2, 0) is 9.53 Å². The molecule has 2 heteroatoms. The average molecular weight is 417 g/mol. The number of carbonyl (C=O) groups excluding carboxylic acids is 1. The summed E-state index contributed by atoms with van der Waals surface area (Å²) in [5.74, 6) is -0.387. The van der Waals surface area contributed by atoms with Crippen LogP contribution in [0.15, 0.2) is 97.1 Å². The van der Waals surface area contributed by atoms with Gasteiger partial charge in [-0.1, -0.05) is 97.1 Å². The van der Waals surface area contributed by atoms with Gasteiger partial charge in [-0.3, -0.25) is 4.79 Å². The van der Waals surface area contributed by atoms with Crippen LogP contribution in [0.4, 0.5) is 0 Å². The lowest BCUT2D eigenvalue weighted by atomic mass is 9.70. The fraction of sp³-hybridized carbons (Fsp3) is 0.167. The van der Waals surface area contributed by atoms with E-state index < -0.39 is 5.60 Å². The number of hydrogen-bond acceptors (Lipinski definition) is 2. The Morgan fingerprint density at radius 3 is 1.16 bits per heavy atom. The van der Waals surface area contributed by atoms with Gasteiger partial charge in [0.25, 0.3) is 0 Å². The Morgan fingerprint density at radius 2 is 0.875 bits per heavy atom. The van der Waals surface area contributed by atoms with Crippen molar-refractivity contribution in [2.75, 3.05) is 0 Å². The summed E-state index contributed by atoms with van der Waals surface area (Å²) in [6.07, 6.45) is 0. The summed E-state index contributed by atoms with van der Waals surface area (Å²) < 4.78 is 6.39. The van der Waals surface area contributed by atoms with Crippen molar-refractivity contribution in [1.29, 1.82) is 0 Å². The molecule has 4 aromatic rings. The molecule has 2 nitrogen and oxygen atoms in total. The molecule has 0 aliphatic heterocycles. The number of fused-ring (bicyclic) bond motifs is 6. The molecule has 0 saturated heterocycles. The maximum atomic E-state index is 12.6. The van der Waals surface area contributed by atoms with Gasteiger partial charge in [0.1, 0.15) is 5.60 Å². The number of ether oxygens (including phenoxy) is 1. The highest BCUT2D eigenvalue weighted by atomic mass is 16.6. The van der Waals surface area contributed by atoms with Crippen LogP contribution in [0.1, 0.15) is 47.9 Å². The van der Waals surface area contributed by atoms with Crippen LogP contribution in [0.5, 0.6) is 0 Å². The second kappa shape index (κ2) is 6.93. The van der Waals surface area contributed by atoms with E-state index in [-0.39, 0.29) is 17.8 Å². The second-order valence-corrected chi connectivity index (χ2v) is 8.99. The maximum absolute atomic E-state index is 12.6. The first-order chi connectivity index (χ1) is 15.6. The van der Waals surface area contributed by atoms with Crippen molar-refractivity contribution in [2.45, 2.75) is 31.3 Å². The fourth-order valence-electron chi connectivity index (χ4n) is 6.14. The van der Waals surface area contributed by atoms with Gasteiger partial charge in [-0.15, -0.1) is 0 Å². The Bertz CT molecular complexity index is 1180. The molecule has 32 heavy (non-hydrogen) atoms. The van der Waals surface area contributed by atoms with Gasteiger partial charge < -0.3 is 4.74 Å². The van der Waals surface area contributed by atoms with Gasteiger partial charge in [0.2, 0.25) is 0 Å². The van der Waals surface area contributed by atoms with E-state index in [0.717, 1.165) is 0 Å². The number of hydrogen-bond donors (Lipinski definition) is 0. The van der Waals surface area contributed by atoms with E-state index in [9.17, 15) is 4.79 Å². The van der Waals surface area contributed by atoms with Crippen LogP contribution < -0.4 is 0 Å². The smallest absolute Gasteiger partial charge is 0.303 e. The van der Waals surface area contributed by atoms with Gasteiger partial charge in [-0.25, -0.2) is 0 Å². The topological polar surface area (TPSA) is 26.3 Å². The molecule has 0 radical (unpaired) electrons. The highest BCUT2D eigenvalue weighted by Gasteiger charge is 2.53. The fourth-order valence-corrected chi connectivity index (χ4v) is 6.14. The van der Waals surface area contributed by atoms with Crippen molar-refractivity contribution in [3.63, 3.8) is 0 Å². The van der Waals surface area contributed by atoms with Crippen LogP contribution in [0.3, 0.4) is 0 Å². The lowest BCUT2D eigenvalue weighted by molar-refractivity contribution is -0.158.